The minimum Gasteiger partial charge on any atom is -0.477 e. The molecule has 1 rings (SSSR count). The summed E-state index contributed by atoms with van der Waals surface area (Å²) in [6, 6.07) is 3.32. The summed E-state index contributed by atoms with van der Waals surface area (Å²) < 4.78 is 0. The van der Waals surface area contributed by atoms with Gasteiger partial charge in [0.15, 0.2) is 0 Å². The highest BCUT2D eigenvalue weighted by molar-refractivity contribution is 7.99. The number of carbonyl (C=O) groups is 1. The number of hydrogen-bond acceptors (Lipinski definition) is 3. The number of thioether (sulfide) groups is 1. The Morgan fingerprint density at radius 2 is 2.50 bits per heavy atom. The number of aromatic carboxylic acids is 1. The van der Waals surface area contributed by atoms with Crippen molar-refractivity contribution in [1.82, 2.24) is 4.98 Å². The van der Waals surface area contributed by atoms with Crippen LogP contribution >= 0.6 is 11.8 Å². The highest BCUT2D eigenvalue weighted by atomic mass is 32.2. The first-order valence-corrected chi connectivity index (χ1v) is 4.98. The third kappa shape index (κ3) is 3.11. The van der Waals surface area contributed by atoms with Crippen molar-refractivity contribution < 1.29 is 9.90 Å². The molecule has 1 aromatic rings. The van der Waals surface area contributed by atoms with Crippen LogP contribution in [-0.2, 0) is 0 Å². The van der Waals surface area contributed by atoms with E-state index in [2.05, 4.69) is 10.9 Å². The van der Waals surface area contributed by atoms with Crippen molar-refractivity contribution >= 4 is 17.7 Å². The van der Waals surface area contributed by atoms with E-state index in [0.717, 1.165) is 10.6 Å². The monoisotopic (exact) mass is 207 g/mol. The average Bonchev–Trinajstić information content (AvgIpc) is 2.19. The Morgan fingerprint density at radius 3 is 3.14 bits per heavy atom. The van der Waals surface area contributed by atoms with Gasteiger partial charge in [0.25, 0.3) is 0 Å². The summed E-state index contributed by atoms with van der Waals surface area (Å²) in [5.74, 6) is 2.30. The Kier molecular flexibility index (Phi) is 4.02. The third-order valence-corrected chi connectivity index (χ3v) is 2.46. The maximum Gasteiger partial charge on any atom is 0.354 e. The van der Waals surface area contributed by atoms with Gasteiger partial charge < -0.3 is 5.11 Å². The molecule has 72 valence electrons. The molecular weight excluding hydrogens is 198 g/mol. The van der Waals surface area contributed by atoms with Gasteiger partial charge in [0, 0.05) is 23.3 Å². The van der Waals surface area contributed by atoms with Crippen LogP contribution in [0.5, 0.6) is 0 Å². The molecule has 14 heavy (non-hydrogen) atoms. The van der Waals surface area contributed by atoms with Gasteiger partial charge in [0.1, 0.15) is 5.69 Å². The molecule has 0 aromatic carbocycles. The lowest BCUT2D eigenvalue weighted by atomic mass is 10.3. The minimum absolute atomic E-state index is 0.0655. The van der Waals surface area contributed by atoms with Gasteiger partial charge in [-0.3, -0.25) is 0 Å². The van der Waals surface area contributed by atoms with Crippen molar-refractivity contribution in [1.29, 1.82) is 0 Å². The Hall–Kier alpha value is -1.47. The zero-order valence-corrected chi connectivity index (χ0v) is 8.25. The summed E-state index contributed by atoms with van der Waals surface area (Å²) in [5, 5.41) is 8.68. The number of rotatable bonds is 4. The van der Waals surface area contributed by atoms with Gasteiger partial charge >= 0.3 is 5.97 Å². The second-order valence-corrected chi connectivity index (χ2v) is 3.65. The normalized spacial score (nSPS) is 9.36. The zero-order chi connectivity index (χ0) is 10.4. The number of terminal acetylenes is 1. The van der Waals surface area contributed by atoms with Gasteiger partial charge in [-0.15, -0.1) is 24.1 Å². The number of pyridine rings is 1. The van der Waals surface area contributed by atoms with Crippen LogP contribution in [0.2, 0.25) is 0 Å². The maximum absolute atomic E-state index is 10.6. The topological polar surface area (TPSA) is 50.2 Å². The molecule has 1 aromatic heterocycles. The van der Waals surface area contributed by atoms with Crippen LogP contribution in [0.15, 0.2) is 23.2 Å². The van der Waals surface area contributed by atoms with Crippen LogP contribution in [0.25, 0.3) is 0 Å². The van der Waals surface area contributed by atoms with Gasteiger partial charge in [-0.2, -0.15) is 0 Å². The number of aromatic nitrogens is 1. The molecule has 0 atom stereocenters. The largest absolute Gasteiger partial charge is 0.477 e. The second-order valence-electron chi connectivity index (χ2n) is 2.48. The lowest BCUT2D eigenvalue weighted by Gasteiger charge is -1.99. The molecule has 0 saturated heterocycles. The third-order valence-electron chi connectivity index (χ3n) is 1.47. The van der Waals surface area contributed by atoms with E-state index in [1.54, 1.807) is 12.1 Å². The molecule has 0 aliphatic rings. The molecule has 1 heterocycles. The van der Waals surface area contributed by atoms with Crippen molar-refractivity contribution in [3.05, 3.63) is 24.0 Å². The summed E-state index contributed by atoms with van der Waals surface area (Å²) in [4.78, 5) is 15.2. The van der Waals surface area contributed by atoms with Gasteiger partial charge in [0.05, 0.1) is 0 Å². The van der Waals surface area contributed by atoms with Crippen LogP contribution in [0.3, 0.4) is 0 Å². The Balaban J connectivity index is 2.65. The van der Waals surface area contributed by atoms with E-state index in [9.17, 15) is 4.79 Å². The number of nitrogens with zero attached hydrogens (tertiary/aromatic N) is 1. The van der Waals surface area contributed by atoms with E-state index in [1.807, 2.05) is 0 Å². The second kappa shape index (κ2) is 5.30. The first-order valence-electron chi connectivity index (χ1n) is 3.99. The predicted octanol–water partition coefficient (Wildman–Crippen LogP) is 1.90. The summed E-state index contributed by atoms with van der Waals surface area (Å²) in [7, 11) is 0. The summed E-state index contributed by atoms with van der Waals surface area (Å²) in [6.45, 7) is 0. The molecular formula is C10H9NO2S. The first-order chi connectivity index (χ1) is 6.74. The fourth-order valence-corrected chi connectivity index (χ4v) is 1.65. The van der Waals surface area contributed by atoms with Crippen LogP contribution in [0.4, 0.5) is 0 Å². The lowest BCUT2D eigenvalue weighted by Crippen LogP contribution is -1.99. The molecule has 0 bridgehead atoms. The highest BCUT2D eigenvalue weighted by Crippen LogP contribution is 2.18. The summed E-state index contributed by atoms with van der Waals surface area (Å²) >= 11 is 1.53. The summed E-state index contributed by atoms with van der Waals surface area (Å²) in [6.07, 6.45) is 7.26. The molecule has 3 nitrogen and oxygen atoms in total. The van der Waals surface area contributed by atoms with Crippen molar-refractivity contribution in [3.8, 4) is 12.3 Å². The van der Waals surface area contributed by atoms with Crippen LogP contribution in [0.1, 0.15) is 16.9 Å². The number of carboxylic acids is 1. The molecule has 0 aliphatic heterocycles. The quantitative estimate of drug-likeness (QED) is 0.465. The van der Waals surface area contributed by atoms with E-state index in [0.29, 0.717) is 6.42 Å². The molecule has 1 N–H and O–H groups in total. The van der Waals surface area contributed by atoms with Crippen molar-refractivity contribution in [2.75, 3.05) is 5.75 Å². The van der Waals surface area contributed by atoms with Gasteiger partial charge in [0.2, 0.25) is 0 Å². The minimum atomic E-state index is -1.01. The molecule has 0 fully saturated rings. The Bertz CT molecular complexity index is 371. The Labute approximate surface area is 86.6 Å². The van der Waals surface area contributed by atoms with E-state index in [4.69, 9.17) is 11.5 Å². The highest BCUT2D eigenvalue weighted by Gasteiger charge is 2.04. The van der Waals surface area contributed by atoms with E-state index >= 15 is 0 Å². The molecule has 0 saturated carbocycles. The lowest BCUT2D eigenvalue weighted by molar-refractivity contribution is 0.0690. The summed E-state index contributed by atoms with van der Waals surface area (Å²) in [5.41, 5.74) is 0.0655. The number of carboxylic acid groups (broad SMARTS) is 1. The Morgan fingerprint density at radius 1 is 1.71 bits per heavy atom. The van der Waals surface area contributed by atoms with E-state index in [1.165, 1.54) is 18.0 Å². The van der Waals surface area contributed by atoms with Crippen LogP contribution in [0, 0.1) is 12.3 Å². The van der Waals surface area contributed by atoms with Crippen LogP contribution < -0.4 is 0 Å². The maximum atomic E-state index is 10.6. The molecule has 4 heteroatoms. The van der Waals surface area contributed by atoms with Crippen molar-refractivity contribution in [2.45, 2.75) is 11.3 Å². The smallest absolute Gasteiger partial charge is 0.354 e. The van der Waals surface area contributed by atoms with E-state index < -0.39 is 5.97 Å². The van der Waals surface area contributed by atoms with Gasteiger partial charge in [-0.05, 0) is 12.1 Å². The molecule has 0 spiro atoms. The number of hydrogen-bond donors (Lipinski definition) is 1. The van der Waals surface area contributed by atoms with Gasteiger partial charge in [-0.25, -0.2) is 9.78 Å². The molecule has 0 unspecified atom stereocenters. The van der Waals surface area contributed by atoms with Crippen molar-refractivity contribution in [3.63, 3.8) is 0 Å². The van der Waals surface area contributed by atoms with Gasteiger partial charge in [-0.1, -0.05) is 0 Å². The average molecular weight is 207 g/mol. The fourth-order valence-electron chi connectivity index (χ4n) is 0.846. The van der Waals surface area contributed by atoms with E-state index in [-0.39, 0.29) is 5.69 Å². The zero-order valence-electron chi connectivity index (χ0n) is 7.43. The standard InChI is InChI=1S/C10H9NO2S/c1-2-3-6-14-8-4-5-11-9(7-8)10(12)13/h1,4-5,7H,3,6H2,(H,12,13). The van der Waals surface area contributed by atoms with Crippen LogP contribution in [-0.4, -0.2) is 21.8 Å². The molecule has 0 radical (unpaired) electrons. The molecule has 0 amide bonds. The SMILES string of the molecule is C#CCCSc1ccnc(C(=O)O)c1. The molecule has 0 aliphatic carbocycles. The van der Waals surface area contributed by atoms with Crippen molar-refractivity contribution in [2.24, 2.45) is 0 Å². The predicted molar refractivity (Wildman–Crippen MR) is 55.4 cm³/mol. The fraction of sp³-hybridized carbons (Fsp3) is 0.200. The first kappa shape index (κ1) is 10.6.